The maximum atomic E-state index is 11.9. The van der Waals surface area contributed by atoms with Crippen molar-refractivity contribution in [1.29, 1.82) is 0 Å². The fourth-order valence-corrected chi connectivity index (χ4v) is 2.25. The molecule has 0 fully saturated rings. The summed E-state index contributed by atoms with van der Waals surface area (Å²) < 4.78 is 5.57. The van der Waals surface area contributed by atoms with E-state index in [0.717, 1.165) is 33.8 Å². The third-order valence-electron chi connectivity index (χ3n) is 3.85. The lowest BCUT2D eigenvalue weighted by molar-refractivity contribution is -0.123. The Morgan fingerprint density at radius 1 is 1.12 bits per heavy atom. The lowest BCUT2D eigenvalue weighted by atomic mass is 10.1. The Hall–Kier alpha value is -2.82. The number of ether oxygens (including phenoxy) is 1. The Morgan fingerprint density at radius 2 is 1.80 bits per heavy atom. The molecular formula is C20H25N3O2. The molecule has 0 spiro atoms. The van der Waals surface area contributed by atoms with Gasteiger partial charge in [-0.05, 0) is 55.7 Å². The molecule has 1 amide bonds. The highest BCUT2D eigenvalue weighted by Crippen LogP contribution is 2.18. The van der Waals surface area contributed by atoms with E-state index in [1.165, 1.54) is 0 Å². The molecule has 5 heteroatoms. The van der Waals surface area contributed by atoms with Gasteiger partial charge in [0, 0.05) is 19.8 Å². The van der Waals surface area contributed by atoms with Crippen LogP contribution in [-0.4, -0.2) is 32.3 Å². The Morgan fingerprint density at radius 3 is 2.44 bits per heavy atom. The van der Waals surface area contributed by atoms with Gasteiger partial charge in [0.25, 0.3) is 5.91 Å². The van der Waals surface area contributed by atoms with Crippen LogP contribution in [0.2, 0.25) is 0 Å². The molecule has 132 valence electrons. The zero-order valence-corrected chi connectivity index (χ0v) is 15.5. The van der Waals surface area contributed by atoms with E-state index in [2.05, 4.69) is 10.5 Å². The predicted molar refractivity (Wildman–Crippen MR) is 103 cm³/mol. The summed E-state index contributed by atoms with van der Waals surface area (Å²) in [7, 11) is 3.98. The standard InChI is InChI=1S/C20H25N3O2/c1-14-6-7-15(2)19(12-14)25-13-20(24)22-21-16(3)17-8-10-18(11-9-17)23(4)5/h6-12H,13H2,1-5H3,(H,22,24)/b21-16-. The molecule has 2 aromatic carbocycles. The Labute approximate surface area is 149 Å². The maximum absolute atomic E-state index is 11.9. The quantitative estimate of drug-likeness (QED) is 0.649. The van der Waals surface area contributed by atoms with Crippen LogP contribution in [0, 0.1) is 13.8 Å². The summed E-state index contributed by atoms with van der Waals surface area (Å²) in [5.74, 6) is 0.431. The zero-order valence-electron chi connectivity index (χ0n) is 15.5. The van der Waals surface area contributed by atoms with Crippen molar-refractivity contribution < 1.29 is 9.53 Å². The molecule has 0 aliphatic heterocycles. The summed E-state index contributed by atoms with van der Waals surface area (Å²) in [6, 6.07) is 13.9. The molecule has 25 heavy (non-hydrogen) atoms. The SMILES string of the molecule is C/C(=N/NC(=O)COc1cc(C)ccc1C)c1ccc(N(C)C)cc1. The number of benzene rings is 2. The van der Waals surface area contributed by atoms with Gasteiger partial charge >= 0.3 is 0 Å². The molecule has 0 saturated heterocycles. The molecule has 2 aromatic rings. The van der Waals surface area contributed by atoms with E-state index in [0.29, 0.717) is 0 Å². The largest absolute Gasteiger partial charge is 0.483 e. The number of nitrogens with one attached hydrogen (secondary N) is 1. The molecule has 0 saturated carbocycles. The topological polar surface area (TPSA) is 53.9 Å². The highest BCUT2D eigenvalue weighted by atomic mass is 16.5. The van der Waals surface area contributed by atoms with Crippen molar-refractivity contribution in [3.05, 3.63) is 59.2 Å². The first kappa shape index (κ1) is 18.5. The Bertz CT molecular complexity index is 765. The van der Waals surface area contributed by atoms with Gasteiger partial charge in [0.2, 0.25) is 0 Å². The van der Waals surface area contributed by atoms with Gasteiger partial charge in [-0.15, -0.1) is 0 Å². The number of hydrogen-bond donors (Lipinski definition) is 1. The molecule has 0 heterocycles. The van der Waals surface area contributed by atoms with Gasteiger partial charge in [-0.1, -0.05) is 24.3 Å². The van der Waals surface area contributed by atoms with Gasteiger partial charge in [0.05, 0.1) is 5.71 Å². The first-order valence-electron chi connectivity index (χ1n) is 8.18. The Kier molecular flexibility index (Phi) is 6.17. The van der Waals surface area contributed by atoms with E-state index in [1.54, 1.807) is 0 Å². The zero-order chi connectivity index (χ0) is 18.4. The molecular weight excluding hydrogens is 314 g/mol. The Balaban J connectivity index is 1.91. The van der Waals surface area contributed by atoms with Crippen LogP contribution in [0.15, 0.2) is 47.6 Å². The first-order chi connectivity index (χ1) is 11.9. The third kappa shape index (κ3) is 5.35. The molecule has 0 bridgehead atoms. The van der Waals surface area contributed by atoms with Crippen LogP contribution in [0.5, 0.6) is 5.75 Å². The monoisotopic (exact) mass is 339 g/mol. The average molecular weight is 339 g/mol. The van der Waals surface area contributed by atoms with Gasteiger partial charge in [0.1, 0.15) is 5.75 Å². The normalized spacial score (nSPS) is 11.2. The number of nitrogens with zero attached hydrogens (tertiary/aromatic N) is 2. The lowest BCUT2D eigenvalue weighted by Crippen LogP contribution is -2.25. The van der Waals surface area contributed by atoms with Crippen molar-refractivity contribution in [2.24, 2.45) is 5.10 Å². The highest BCUT2D eigenvalue weighted by molar-refractivity contribution is 5.99. The van der Waals surface area contributed by atoms with Crippen LogP contribution in [0.4, 0.5) is 5.69 Å². The van der Waals surface area contributed by atoms with Crippen LogP contribution in [0.1, 0.15) is 23.6 Å². The van der Waals surface area contributed by atoms with E-state index in [9.17, 15) is 4.79 Å². The minimum absolute atomic E-state index is 0.0688. The maximum Gasteiger partial charge on any atom is 0.277 e. The smallest absolute Gasteiger partial charge is 0.277 e. The number of amides is 1. The van der Waals surface area contributed by atoms with Crippen molar-refractivity contribution >= 4 is 17.3 Å². The molecule has 5 nitrogen and oxygen atoms in total. The fraction of sp³-hybridized carbons (Fsp3) is 0.300. The van der Waals surface area contributed by atoms with E-state index in [-0.39, 0.29) is 12.5 Å². The van der Waals surface area contributed by atoms with Crippen molar-refractivity contribution in [3.8, 4) is 5.75 Å². The summed E-state index contributed by atoms with van der Waals surface area (Å²) in [5.41, 5.74) is 7.44. The van der Waals surface area contributed by atoms with Crippen LogP contribution >= 0.6 is 0 Å². The van der Waals surface area contributed by atoms with Gasteiger partial charge < -0.3 is 9.64 Å². The van der Waals surface area contributed by atoms with E-state index in [4.69, 9.17) is 4.74 Å². The summed E-state index contributed by atoms with van der Waals surface area (Å²) >= 11 is 0. The lowest BCUT2D eigenvalue weighted by Gasteiger charge is -2.12. The van der Waals surface area contributed by atoms with E-state index < -0.39 is 0 Å². The summed E-state index contributed by atoms with van der Waals surface area (Å²) in [6.07, 6.45) is 0. The minimum atomic E-state index is -0.287. The first-order valence-corrected chi connectivity index (χ1v) is 8.18. The van der Waals surface area contributed by atoms with Crippen molar-refractivity contribution in [3.63, 3.8) is 0 Å². The van der Waals surface area contributed by atoms with Crippen LogP contribution in [0.3, 0.4) is 0 Å². The number of rotatable bonds is 6. The molecule has 0 aromatic heterocycles. The summed E-state index contributed by atoms with van der Waals surface area (Å²) in [4.78, 5) is 14.0. The number of carbonyl (C=O) groups is 1. The molecule has 1 N–H and O–H groups in total. The van der Waals surface area contributed by atoms with Crippen molar-refractivity contribution in [1.82, 2.24) is 5.43 Å². The minimum Gasteiger partial charge on any atom is -0.483 e. The fourth-order valence-electron chi connectivity index (χ4n) is 2.25. The predicted octanol–water partition coefficient (Wildman–Crippen LogP) is 3.29. The van der Waals surface area contributed by atoms with Crippen LogP contribution in [-0.2, 0) is 4.79 Å². The second-order valence-electron chi connectivity index (χ2n) is 6.23. The molecule has 0 atom stereocenters. The summed E-state index contributed by atoms with van der Waals surface area (Å²) in [5, 5.41) is 4.14. The highest BCUT2D eigenvalue weighted by Gasteiger charge is 2.05. The molecule has 2 rings (SSSR count). The van der Waals surface area contributed by atoms with E-state index >= 15 is 0 Å². The van der Waals surface area contributed by atoms with Gasteiger partial charge in [-0.25, -0.2) is 5.43 Å². The second kappa shape index (κ2) is 8.33. The number of hydrogen-bond acceptors (Lipinski definition) is 4. The van der Waals surface area contributed by atoms with Crippen molar-refractivity contribution in [2.45, 2.75) is 20.8 Å². The number of carbonyl (C=O) groups excluding carboxylic acids is 1. The van der Waals surface area contributed by atoms with Crippen LogP contribution in [0.25, 0.3) is 0 Å². The summed E-state index contributed by atoms with van der Waals surface area (Å²) in [6.45, 7) is 5.73. The van der Waals surface area contributed by atoms with Gasteiger partial charge in [0.15, 0.2) is 6.61 Å². The molecule has 0 unspecified atom stereocenters. The van der Waals surface area contributed by atoms with Gasteiger partial charge in [-0.3, -0.25) is 4.79 Å². The molecule has 0 aliphatic rings. The number of aryl methyl sites for hydroxylation is 2. The van der Waals surface area contributed by atoms with Gasteiger partial charge in [-0.2, -0.15) is 5.10 Å². The third-order valence-corrected chi connectivity index (χ3v) is 3.85. The molecule has 0 aliphatic carbocycles. The van der Waals surface area contributed by atoms with Crippen LogP contribution < -0.4 is 15.1 Å². The number of anilines is 1. The van der Waals surface area contributed by atoms with Crippen molar-refractivity contribution in [2.75, 3.05) is 25.6 Å². The van der Waals surface area contributed by atoms with E-state index in [1.807, 2.05) is 82.2 Å². The second-order valence-corrected chi connectivity index (χ2v) is 6.23. The molecule has 0 radical (unpaired) electrons. The average Bonchev–Trinajstić information content (AvgIpc) is 2.60. The number of hydrazone groups is 1.